The number of aryl methyl sites for hydroxylation is 1. The van der Waals surface area contributed by atoms with Crippen LogP contribution in [0.15, 0.2) is 9.50 Å². The first-order valence-electron chi connectivity index (χ1n) is 6.84. The molecule has 2 heterocycles. The summed E-state index contributed by atoms with van der Waals surface area (Å²) in [6, 6.07) is 0.480. The lowest BCUT2D eigenvalue weighted by Gasteiger charge is -2.12. The van der Waals surface area contributed by atoms with E-state index in [0.717, 1.165) is 8.29 Å². The van der Waals surface area contributed by atoms with E-state index in [1.54, 1.807) is 4.68 Å². The maximum absolute atomic E-state index is 5.18. The van der Waals surface area contributed by atoms with E-state index in [2.05, 4.69) is 30.7 Å². The average molecular weight is 358 g/mol. The van der Waals surface area contributed by atoms with Gasteiger partial charge in [-0.3, -0.25) is 0 Å². The van der Waals surface area contributed by atoms with Crippen molar-refractivity contribution >= 4 is 47.2 Å². The largest absolute Gasteiger partial charge is 0.352 e. The summed E-state index contributed by atoms with van der Waals surface area (Å²) in [6.45, 7) is 8.15. The molecule has 0 aliphatic rings. The maximum atomic E-state index is 5.18. The first kappa shape index (κ1) is 17.1. The van der Waals surface area contributed by atoms with E-state index < -0.39 is 0 Å². The van der Waals surface area contributed by atoms with E-state index >= 15 is 0 Å². The van der Waals surface area contributed by atoms with Crippen molar-refractivity contribution in [2.75, 3.05) is 10.6 Å². The van der Waals surface area contributed by atoms with Crippen LogP contribution in [0.2, 0.25) is 0 Å². The van der Waals surface area contributed by atoms with Crippen LogP contribution in [0.25, 0.3) is 0 Å². The Labute approximate surface area is 143 Å². The Morgan fingerprint density at radius 3 is 2.00 bits per heavy atom. The van der Waals surface area contributed by atoms with Gasteiger partial charge >= 0.3 is 0 Å². The van der Waals surface area contributed by atoms with Crippen LogP contribution < -0.4 is 10.6 Å². The minimum absolute atomic E-state index is 0.240. The lowest BCUT2D eigenvalue weighted by atomic mass is 10.4. The molecule has 7 nitrogen and oxygen atoms in total. The number of rotatable bonds is 6. The molecule has 22 heavy (non-hydrogen) atoms. The van der Waals surface area contributed by atoms with Crippen LogP contribution in [-0.2, 0) is 7.05 Å². The molecule has 0 aliphatic carbocycles. The number of aromatic nitrogens is 5. The van der Waals surface area contributed by atoms with Crippen molar-refractivity contribution in [2.24, 2.45) is 7.05 Å². The van der Waals surface area contributed by atoms with Crippen molar-refractivity contribution in [3.05, 3.63) is 3.95 Å². The van der Waals surface area contributed by atoms with E-state index in [9.17, 15) is 0 Å². The minimum atomic E-state index is 0.240. The van der Waals surface area contributed by atoms with Crippen molar-refractivity contribution in [3.63, 3.8) is 0 Å². The zero-order chi connectivity index (χ0) is 16.3. The van der Waals surface area contributed by atoms with Crippen molar-refractivity contribution in [1.29, 1.82) is 0 Å². The highest BCUT2D eigenvalue weighted by Gasteiger charge is 2.12. The van der Waals surface area contributed by atoms with Crippen LogP contribution in [0.3, 0.4) is 0 Å². The molecule has 0 aliphatic heterocycles. The fraction of sp³-hybridized carbons (Fsp3) is 0.583. The molecule has 0 fully saturated rings. The third-order valence-electron chi connectivity index (χ3n) is 2.30. The second kappa shape index (κ2) is 7.34. The molecule has 2 rings (SSSR count). The second-order valence-electron chi connectivity index (χ2n) is 5.22. The van der Waals surface area contributed by atoms with Gasteiger partial charge in [0.25, 0.3) is 0 Å². The van der Waals surface area contributed by atoms with Crippen molar-refractivity contribution in [2.45, 2.75) is 49.3 Å². The van der Waals surface area contributed by atoms with Crippen LogP contribution in [0, 0.1) is 3.95 Å². The normalized spacial score (nSPS) is 11.2. The van der Waals surface area contributed by atoms with Gasteiger partial charge in [0.15, 0.2) is 8.29 Å². The van der Waals surface area contributed by atoms with Gasteiger partial charge in [0.05, 0.1) is 0 Å². The molecule has 0 saturated heterocycles. The van der Waals surface area contributed by atoms with Crippen LogP contribution >= 0.6 is 35.3 Å². The lowest BCUT2D eigenvalue weighted by molar-refractivity contribution is 0.728. The van der Waals surface area contributed by atoms with Gasteiger partial charge < -0.3 is 10.6 Å². The Bertz CT molecular complexity index is 664. The van der Waals surface area contributed by atoms with Crippen LogP contribution in [-0.4, -0.2) is 36.8 Å². The third-order valence-corrected chi connectivity index (χ3v) is 4.63. The van der Waals surface area contributed by atoms with E-state index in [0.29, 0.717) is 17.1 Å². The van der Waals surface area contributed by atoms with Crippen molar-refractivity contribution in [1.82, 2.24) is 24.7 Å². The minimum Gasteiger partial charge on any atom is -0.352 e. The molecule has 0 saturated carbocycles. The number of anilines is 2. The first-order valence-corrected chi connectivity index (χ1v) is 8.88. The summed E-state index contributed by atoms with van der Waals surface area (Å²) in [6.07, 6.45) is 0. The SMILES string of the molecule is CC(C)Nc1nc(NC(C)C)nc(Sc2nn(C)c(=S)s2)n1. The van der Waals surface area contributed by atoms with Gasteiger partial charge in [-0.1, -0.05) is 11.3 Å². The fourth-order valence-electron chi connectivity index (χ4n) is 1.49. The number of nitrogens with zero attached hydrogens (tertiary/aromatic N) is 5. The van der Waals surface area contributed by atoms with Gasteiger partial charge in [0.1, 0.15) is 0 Å². The monoisotopic (exact) mass is 357 g/mol. The van der Waals surface area contributed by atoms with E-state index in [-0.39, 0.29) is 12.1 Å². The van der Waals surface area contributed by atoms with Crippen LogP contribution in [0.1, 0.15) is 27.7 Å². The Morgan fingerprint density at radius 1 is 1.05 bits per heavy atom. The Morgan fingerprint density at radius 2 is 1.59 bits per heavy atom. The van der Waals surface area contributed by atoms with Gasteiger partial charge in [-0.25, -0.2) is 4.68 Å². The molecule has 0 atom stereocenters. The molecule has 10 heteroatoms. The predicted octanol–water partition coefficient (Wildman–Crippen LogP) is 3.19. The van der Waals surface area contributed by atoms with E-state index in [1.165, 1.54) is 23.1 Å². The highest BCUT2D eigenvalue weighted by molar-refractivity contribution is 8.01. The number of nitrogens with one attached hydrogen (secondary N) is 2. The zero-order valence-corrected chi connectivity index (χ0v) is 15.6. The standard InChI is InChI=1S/C12H19N7S3/c1-6(2)13-8-15-9(14-7(3)4)17-10(16-8)21-11-18-19(5)12(20)22-11/h6-7H,1-5H3,(H2,13,14,15,16,17). The molecule has 0 unspecified atom stereocenters. The summed E-state index contributed by atoms with van der Waals surface area (Å²) in [5.74, 6) is 1.10. The molecule has 0 spiro atoms. The number of hydrogen-bond donors (Lipinski definition) is 2. The maximum Gasteiger partial charge on any atom is 0.228 e. The molecule has 120 valence electrons. The summed E-state index contributed by atoms with van der Waals surface area (Å²) in [4.78, 5) is 13.2. The quantitative estimate of drug-likeness (QED) is 0.763. The van der Waals surface area contributed by atoms with Crippen LogP contribution in [0.5, 0.6) is 0 Å². The molecular weight excluding hydrogens is 338 g/mol. The van der Waals surface area contributed by atoms with Crippen molar-refractivity contribution in [3.8, 4) is 0 Å². The van der Waals surface area contributed by atoms with Gasteiger partial charge in [-0.15, -0.1) is 0 Å². The molecule has 0 amide bonds. The summed E-state index contributed by atoms with van der Waals surface area (Å²) in [5, 5.41) is 11.3. The predicted molar refractivity (Wildman–Crippen MR) is 93.4 cm³/mol. The van der Waals surface area contributed by atoms with E-state index in [4.69, 9.17) is 12.2 Å². The Kier molecular flexibility index (Phi) is 5.70. The highest BCUT2D eigenvalue weighted by atomic mass is 32.2. The van der Waals surface area contributed by atoms with Gasteiger partial charge in [0.2, 0.25) is 17.1 Å². The van der Waals surface area contributed by atoms with Crippen LogP contribution in [0.4, 0.5) is 11.9 Å². The molecule has 2 N–H and O–H groups in total. The molecule has 0 aromatic carbocycles. The summed E-state index contributed by atoms with van der Waals surface area (Å²) in [5.41, 5.74) is 0. The highest BCUT2D eigenvalue weighted by Crippen LogP contribution is 2.28. The molecule has 0 bridgehead atoms. The van der Waals surface area contributed by atoms with Gasteiger partial charge in [-0.2, -0.15) is 20.1 Å². The topological polar surface area (TPSA) is 80.5 Å². The zero-order valence-electron chi connectivity index (χ0n) is 13.1. The summed E-state index contributed by atoms with van der Waals surface area (Å²) >= 11 is 8.00. The van der Waals surface area contributed by atoms with E-state index in [1.807, 2.05) is 34.7 Å². The fourth-order valence-corrected chi connectivity index (χ4v) is 3.62. The molecule has 0 radical (unpaired) electrons. The average Bonchev–Trinajstić information content (AvgIpc) is 2.65. The van der Waals surface area contributed by atoms with Crippen molar-refractivity contribution < 1.29 is 0 Å². The van der Waals surface area contributed by atoms with Gasteiger partial charge in [-0.05, 0) is 51.7 Å². The Balaban J connectivity index is 2.29. The third kappa shape index (κ3) is 4.89. The molecule has 2 aromatic rings. The number of hydrogen-bond acceptors (Lipinski definition) is 9. The summed E-state index contributed by atoms with van der Waals surface area (Å²) < 4.78 is 3.20. The molecular formula is C12H19N7S3. The lowest BCUT2D eigenvalue weighted by Crippen LogP contribution is -2.17. The smallest absolute Gasteiger partial charge is 0.228 e. The second-order valence-corrected chi connectivity index (χ2v) is 8.06. The Hall–Kier alpha value is -1.26. The first-order chi connectivity index (χ1) is 10.3. The summed E-state index contributed by atoms with van der Waals surface area (Å²) in [7, 11) is 1.83. The molecule has 2 aromatic heterocycles. The van der Waals surface area contributed by atoms with Gasteiger partial charge in [0, 0.05) is 19.1 Å².